The van der Waals surface area contributed by atoms with Gasteiger partial charge in [0.1, 0.15) is 5.82 Å². The van der Waals surface area contributed by atoms with Gasteiger partial charge in [0, 0.05) is 31.9 Å². The average Bonchev–Trinajstić information content (AvgIpc) is 3.13. The fraction of sp³-hybridized carbons (Fsp3) is 0.100. The van der Waals surface area contributed by atoms with E-state index in [0.29, 0.717) is 22.4 Å². The Morgan fingerprint density at radius 2 is 1.86 bits per heavy atom. The lowest BCUT2D eigenvalue weighted by atomic mass is 10.2. The number of nitrogens with zero attached hydrogens (tertiary/aromatic N) is 3. The third-order valence-electron chi connectivity index (χ3n) is 4.31. The standard InChI is InChI=1S/C20H17N5O3/c1-24(2)14-6-3-13(4-7-14)5-10-18-21-17-9-8-15(11-16(17)20(27)22-18)25-12-19(26)28-23-25/h3-12H,1-2H3,(H-,21,22,23,26,27)/p+1/b10-5-. The van der Waals surface area contributed by atoms with Crippen molar-refractivity contribution in [2.24, 2.45) is 0 Å². The second-order valence-electron chi connectivity index (χ2n) is 6.48. The van der Waals surface area contributed by atoms with Crippen LogP contribution in [-0.2, 0) is 0 Å². The van der Waals surface area contributed by atoms with Gasteiger partial charge in [-0.15, -0.1) is 0 Å². The van der Waals surface area contributed by atoms with Crippen molar-refractivity contribution < 1.29 is 9.20 Å². The fourth-order valence-electron chi connectivity index (χ4n) is 2.81. The Morgan fingerprint density at radius 1 is 1.07 bits per heavy atom. The number of rotatable bonds is 4. The molecule has 140 valence electrons. The van der Waals surface area contributed by atoms with E-state index in [0.717, 1.165) is 11.3 Å². The number of benzene rings is 2. The van der Waals surface area contributed by atoms with Gasteiger partial charge in [0.05, 0.1) is 10.9 Å². The Kier molecular flexibility index (Phi) is 4.36. The first-order valence-electron chi connectivity index (χ1n) is 8.60. The number of fused-ring (bicyclic) bond motifs is 1. The van der Waals surface area contributed by atoms with Crippen LogP contribution >= 0.6 is 0 Å². The van der Waals surface area contributed by atoms with Gasteiger partial charge in [-0.05, 0) is 39.8 Å². The quantitative estimate of drug-likeness (QED) is 0.529. The minimum atomic E-state index is -0.508. The zero-order valence-corrected chi connectivity index (χ0v) is 15.3. The predicted molar refractivity (Wildman–Crippen MR) is 106 cm³/mol. The van der Waals surface area contributed by atoms with E-state index in [2.05, 4.69) is 19.8 Å². The highest BCUT2D eigenvalue weighted by Crippen LogP contribution is 2.15. The molecule has 2 heterocycles. The Hall–Kier alpha value is -3.94. The van der Waals surface area contributed by atoms with Crippen molar-refractivity contribution in [1.29, 1.82) is 0 Å². The molecule has 0 atom stereocenters. The summed E-state index contributed by atoms with van der Waals surface area (Å²) in [6, 6.07) is 13.2. The number of anilines is 1. The Bertz CT molecular complexity index is 1280. The second kappa shape index (κ2) is 6.99. The van der Waals surface area contributed by atoms with Gasteiger partial charge in [-0.2, -0.15) is 0 Å². The lowest BCUT2D eigenvalue weighted by Crippen LogP contribution is -2.32. The maximum atomic E-state index is 12.5. The molecule has 0 bridgehead atoms. The number of hydrogen-bond donors (Lipinski definition) is 2. The number of aromatic nitrogens is 4. The summed E-state index contributed by atoms with van der Waals surface area (Å²) in [4.78, 5) is 32.9. The lowest BCUT2D eigenvalue weighted by Gasteiger charge is -2.11. The molecule has 0 spiro atoms. The van der Waals surface area contributed by atoms with Crippen molar-refractivity contribution in [3.63, 3.8) is 0 Å². The van der Waals surface area contributed by atoms with Crippen molar-refractivity contribution >= 4 is 28.7 Å². The third-order valence-corrected chi connectivity index (χ3v) is 4.31. The van der Waals surface area contributed by atoms with Crippen molar-refractivity contribution in [3.8, 4) is 5.69 Å². The summed E-state index contributed by atoms with van der Waals surface area (Å²) >= 11 is 0. The summed E-state index contributed by atoms with van der Waals surface area (Å²) < 4.78 is 6.04. The molecule has 4 aromatic rings. The Morgan fingerprint density at radius 3 is 2.54 bits per heavy atom. The normalized spacial score (nSPS) is 11.4. The summed E-state index contributed by atoms with van der Waals surface area (Å²) in [5, 5.41) is 2.87. The fourth-order valence-corrected chi connectivity index (χ4v) is 2.81. The van der Waals surface area contributed by atoms with Crippen LogP contribution in [0.15, 0.2) is 62.8 Å². The molecule has 0 aliphatic rings. The van der Waals surface area contributed by atoms with E-state index >= 15 is 0 Å². The van der Waals surface area contributed by atoms with Crippen LogP contribution in [-0.4, -0.2) is 29.3 Å². The van der Waals surface area contributed by atoms with Gasteiger partial charge in [-0.1, -0.05) is 18.2 Å². The summed E-state index contributed by atoms with van der Waals surface area (Å²) in [6.07, 6.45) is 4.91. The summed E-state index contributed by atoms with van der Waals surface area (Å²) in [7, 11) is 3.98. The van der Waals surface area contributed by atoms with Crippen molar-refractivity contribution in [2.45, 2.75) is 0 Å². The molecule has 2 aromatic heterocycles. The van der Waals surface area contributed by atoms with Crippen LogP contribution in [0.25, 0.3) is 28.7 Å². The summed E-state index contributed by atoms with van der Waals surface area (Å²) in [6.45, 7) is 0. The molecule has 2 N–H and O–H groups in total. The molecule has 0 amide bonds. The van der Waals surface area contributed by atoms with Crippen LogP contribution < -0.4 is 20.8 Å². The molecular weight excluding hydrogens is 358 g/mol. The van der Waals surface area contributed by atoms with E-state index in [-0.39, 0.29) is 5.56 Å². The van der Waals surface area contributed by atoms with Crippen molar-refractivity contribution in [1.82, 2.24) is 15.2 Å². The van der Waals surface area contributed by atoms with Crippen LogP contribution in [0.4, 0.5) is 5.69 Å². The molecule has 0 aliphatic carbocycles. The smallest absolute Gasteiger partial charge is 0.378 e. The molecule has 0 radical (unpaired) electrons. The molecule has 0 aliphatic heterocycles. The number of aromatic amines is 2. The molecular formula is C20H18N5O3+. The first kappa shape index (κ1) is 17.5. The highest BCUT2D eigenvalue weighted by atomic mass is 16.5. The van der Waals surface area contributed by atoms with Gasteiger partial charge < -0.3 is 9.88 Å². The van der Waals surface area contributed by atoms with Crippen LogP contribution in [0.2, 0.25) is 0 Å². The topological polar surface area (TPSA) is 98.9 Å². The molecule has 28 heavy (non-hydrogen) atoms. The number of hydrogen-bond acceptors (Lipinski definition) is 5. The van der Waals surface area contributed by atoms with Gasteiger partial charge in [0.25, 0.3) is 11.8 Å². The summed E-state index contributed by atoms with van der Waals surface area (Å²) in [5.74, 6) is 0.464. The van der Waals surface area contributed by atoms with E-state index in [1.54, 1.807) is 24.3 Å². The molecule has 2 aromatic carbocycles. The Balaban J connectivity index is 1.65. The van der Waals surface area contributed by atoms with Crippen LogP contribution in [0.5, 0.6) is 0 Å². The van der Waals surface area contributed by atoms with E-state index in [1.165, 1.54) is 10.9 Å². The van der Waals surface area contributed by atoms with Crippen LogP contribution in [0.3, 0.4) is 0 Å². The maximum Gasteiger partial charge on any atom is 0.427 e. The third kappa shape index (κ3) is 3.48. The van der Waals surface area contributed by atoms with Gasteiger partial charge in [0.15, 0.2) is 0 Å². The number of nitrogens with one attached hydrogen (secondary N) is 2. The van der Waals surface area contributed by atoms with Crippen molar-refractivity contribution in [2.75, 3.05) is 19.0 Å². The minimum Gasteiger partial charge on any atom is -0.378 e. The zero-order valence-electron chi connectivity index (χ0n) is 15.3. The van der Waals surface area contributed by atoms with E-state index in [9.17, 15) is 9.59 Å². The maximum absolute atomic E-state index is 12.5. The molecule has 8 heteroatoms. The van der Waals surface area contributed by atoms with E-state index in [4.69, 9.17) is 0 Å². The Labute approximate surface area is 159 Å². The number of H-pyrrole nitrogens is 2. The van der Waals surface area contributed by atoms with Crippen LogP contribution in [0, 0.1) is 0 Å². The van der Waals surface area contributed by atoms with Gasteiger partial charge in [-0.3, -0.25) is 9.32 Å². The molecule has 4 rings (SSSR count). The largest absolute Gasteiger partial charge is 0.427 e. The second-order valence-corrected chi connectivity index (χ2v) is 6.48. The lowest BCUT2D eigenvalue weighted by molar-refractivity contribution is -0.670. The van der Waals surface area contributed by atoms with E-state index < -0.39 is 5.63 Å². The molecule has 0 saturated heterocycles. The SMILES string of the molecule is CN(C)c1ccc(/C=C\c2nc3ccc(-[n+]4cc(=O)o[nH]4)cc3c(=O)[nH]2)cc1. The molecule has 0 saturated carbocycles. The molecule has 0 unspecified atom stereocenters. The zero-order chi connectivity index (χ0) is 19.7. The van der Waals surface area contributed by atoms with Gasteiger partial charge in [-0.25, -0.2) is 9.78 Å². The van der Waals surface area contributed by atoms with Gasteiger partial charge >= 0.3 is 5.63 Å². The molecule has 0 fully saturated rings. The predicted octanol–water partition coefficient (Wildman–Crippen LogP) is 1.72. The highest BCUT2D eigenvalue weighted by Gasteiger charge is 2.13. The van der Waals surface area contributed by atoms with E-state index in [1.807, 2.05) is 49.3 Å². The monoisotopic (exact) mass is 376 g/mol. The van der Waals surface area contributed by atoms with Crippen LogP contribution in [0.1, 0.15) is 11.4 Å². The molecule has 8 nitrogen and oxygen atoms in total. The van der Waals surface area contributed by atoms with Gasteiger partial charge in [0.2, 0.25) is 5.69 Å². The highest BCUT2D eigenvalue weighted by molar-refractivity contribution is 5.80. The van der Waals surface area contributed by atoms with Crippen molar-refractivity contribution in [3.05, 3.63) is 80.8 Å². The summed E-state index contributed by atoms with van der Waals surface area (Å²) in [5.41, 5.74) is 2.50. The first-order valence-corrected chi connectivity index (χ1v) is 8.60. The first-order chi connectivity index (χ1) is 13.5. The minimum absolute atomic E-state index is 0.263. The average molecular weight is 376 g/mol.